The van der Waals surface area contributed by atoms with Crippen molar-refractivity contribution >= 4 is 74.1 Å². The van der Waals surface area contributed by atoms with E-state index in [1.54, 1.807) is 0 Å². The van der Waals surface area contributed by atoms with Crippen LogP contribution in [-0.2, 0) is 0 Å². The van der Waals surface area contributed by atoms with Crippen molar-refractivity contribution in [2.45, 2.75) is 0 Å². The Morgan fingerprint density at radius 2 is 0.771 bits per heavy atom. The summed E-state index contributed by atoms with van der Waals surface area (Å²) in [6.07, 6.45) is 0. The molecular weight excluding hydrogens is 622 g/mol. The number of nitrogens with zero attached hydrogens (tertiary/aromatic N) is 1. The first-order valence-electron chi connectivity index (χ1n) is 15.8. The standard InChI is InChI=1S/C36H31N4P.C6H7P/c1-6-16-28(17-7-1)37-33-26-35(39-30-20-10-3-11-21-30)36(27-34(33)38-29-18-8-2-9-19-29)40(31-22-12-4-13-23-31)41-32-24-14-5-15-25-32;7-6-4-2-1-3-5-6/h1-27,37-39,41H;1-5H,7H2. The van der Waals surface area contributed by atoms with Crippen LogP contribution in [0.3, 0.4) is 0 Å². The molecule has 6 heteroatoms. The summed E-state index contributed by atoms with van der Waals surface area (Å²) >= 11 is 0. The second-order valence-corrected chi connectivity index (χ2v) is 12.9. The van der Waals surface area contributed by atoms with Gasteiger partial charge in [0, 0.05) is 31.5 Å². The van der Waals surface area contributed by atoms with Gasteiger partial charge in [0.1, 0.15) is 0 Å². The first kappa shape index (κ1) is 32.5. The van der Waals surface area contributed by atoms with Gasteiger partial charge in [0.15, 0.2) is 0 Å². The molecule has 0 fully saturated rings. The van der Waals surface area contributed by atoms with Crippen molar-refractivity contribution in [1.29, 1.82) is 0 Å². The first-order valence-corrected chi connectivity index (χ1v) is 17.4. The first-order chi connectivity index (χ1) is 23.7. The fraction of sp³-hybridized carbons (Fsp3) is 0. The monoisotopic (exact) mass is 660 g/mol. The molecule has 0 aliphatic carbocycles. The summed E-state index contributed by atoms with van der Waals surface area (Å²) in [7, 11) is 3.02. The zero-order valence-electron chi connectivity index (χ0n) is 26.5. The van der Waals surface area contributed by atoms with E-state index in [1.165, 1.54) is 10.6 Å². The number of anilines is 8. The Bertz CT molecular complexity index is 1960. The van der Waals surface area contributed by atoms with Crippen molar-refractivity contribution in [2.75, 3.05) is 20.6 Å². The van der Waals surface area contributed by atoms with Crippen molar-refractivity contribution < 1.29 is 0 Å². The minimum absolute atomic E-state index is 0.387. The molecule has 7 aromatic carbocycles. The molecule has 0 aliphatic rings. The van der Waals surface area contributed by atoms with Gasteiger partial charge in [-0.1, -0.05) is 133 Å². The van der Waals surface area contributed by atoms with Gasteiger partial charge in [-0.3, -0.25) is 0 Å². The Kier molecular flexibility index (Phi) is 11.5. The van der Waals surface area contributed by atoms with E-state index >= 15 is 0 Å². The van der Waals surface area contributed by atoms with E-state index in [4.69, 9.17) is 0 Å². The molecule has 0 aromatic heterocycles. The maximum absolute atomic E-state index is 3.72. The molecular formula is C42H38N4P2. The molecule has 0 saturated heterocycles. The van der Waals surface area contributed by atoms with Crippen LogP contribution in [0.4, 0.5) is 45.5 Å². The predicted molar refractivity (Wildman–Crippen MR) is 214 cm³/mol. The average molecular weight is 661 g/mol. The molecule has 0 radical (unpaired) electrons. The molecule has 4 nitrogen and oxygen atoms in total. The van der Waals surface area contributed by atoms with Gasteiger partial charge in [0.25, 0.3) is 0 Å². The van der Waals surface area contributed by atoms with Gasteiger partial charge in [-0.15, -0.1) is 9.24 Å². The molecule has 0 aliphatic heterocycles. The minimum atomic E-state index is 0.387. The molecule has 0 spiro atoms. The Labute approximate surface area is 287 Å². The van der Waals surface area contributed by atoms with Gasteiger partial charge in [-0.25, -0.2) is 0 Å². The smallest absolute Gasteiger partial charge is 0.0706 e. The summed E-state index contributed by atoms with van der Waals surface area (Å²) in [5.41, 5.74) is 8.22. The van der Waals surface area contributed by atoms with Crippen LogP contribution < -0.4 is 31.2 Å². The number of rotatable bonds is 10. The van der Waals surface area contributed by atoms with Crippen LogP contribution >= 0.6 is 18.0 Å². The van der Waals surface area contributed by atoms with Crippen molar-refractivity contribution in [3.05, 3.63) is 194 Å². The highest BCUT2D eigenvalue weighted by Crippen LogP contribution is 2.46. The topological polar surface area (TPSA) is 39.3 Å². The highest BCUT2D eigenvalue weighted by molar-refractivity contribution is 7.49. The van der Waals surface area contributed by atoms with Crippen molar-refractivity contribution in [2.24, 2.45) is 0 Å². The second kappa shape index (κ2) is 17.0. The van der Waals surface area contributed by atoms with Crippen LogP contribution in [-0.4, -0.2) is 0 Å². The molecule has 0 saturated carbocycles. The Morgan fingerprint density at radius 3 is 1.21 bits per heavy atom. The van der Waals surface area contributed by atoms with E-state index in [9.17, 15) is 0 Å². The zero-order chi connectivity index (χ0) is 32.8. The summed E-state index contributed by atoms with van der Waals surface area (Å²) in [6, 6.07) is 66.7. The average Bonchev–Trinajstić information content (AvgIpc) is 3.14. The third-order valence-corrected chi connectivity index (χ3v) is 9.06. The summed E-state index contributed by atoms with van der Waals surface area (Å²) in [5.74, 6) is 0. The van der Waals surface area contributed by atoms with Gasteiger partial charge >= 0.3 is 0 Å². The lowest BCUT2D eigenvalue weighted by Crippen LogP contribution is -2.13. The third-order valence-electron chi connectivity index (χ3n) is 7.36. The van der Waals surface area contributed by atoms with Crippen LogP contribution in [0.25, 0.3) is 0 Å². The Balaban J connectivity index is 0.000000510. The molecule has 3 N–H and O–H groups in total. The maximum atomic E-state index is 3.72. The van der Waals surface area contributed by atoms with Gasteiger partial charge in [-0.05, 0) is 71.3 Å². The van der Waals surface area contributed by atoms with Crippen molar-refractivity contribution in [3.63, 3.8) is 0 Å². The molecule has 236 valence electrons. The summed E-state index contributed by atoms with van der Waals surface area (Å²) in [4.78, 5) is 0. The summed E-state index contributed by atoms with van der Waals surface area (Å²) in [6.45, 7) is 0. The normalized spacial score (nSPS) is 10.5. The predicted octanol–water partition coefficient (Wildman–Crippen LogP) is 11.2. The highest BCUT2D eigenvalue weighted by Gasteiger charge is 2.19. The highest BCUT2D eigenvalue weighted by atomic mass is 31.1. The van der Waals surface area contributed by atoms with Crippen molar-refractivity contribution in [3.8, 4) is 0 Å². The number of hydrogen-bond acceptors (Lipinski definition) is 4. The quantitative estimate of drug-likeness (QED) is 0.128. The Morgan fingerprint density at radius 1 is 0.396 bits per heavy atom. The van der Waals surface area contributed by atoms with Gasteiger partial charge in [0.05, 0.1) is 22.7 Å². The lowest BCUT2D eigenvalue weighted by molar-refractivity contribution is 1.40. The lowest BCUT2D eigenvalue weighted by Gasteiger charge is -2.29. The lowest BCUT2D eigenvalue weighted by atomic mass is 10.1. The van der Waals surface area contributed by atoms with Gasteiger partial charge < -0.3 is 20.6 Å². The molecule has 0 amide bonds. The summed E-state index contributed by atoms with van der Waals surface area (Å²) < 4.78 is 2.39. The van der Waals surface area contributed by atoms with Crippen LogP contribution in [0.5, 0.6) is 0 Å². The maximum Gasteiger partial charge on any atom is 0.0706 e. The number of hydrogen-bond donors (Lipinski definition) is 3. The van der Waals surface area contributed by atoms with E-state index < -0.39 is 0 Å². The largest absolute Gasteiger partial charge is 0.354 e. The van der Waals surface area contributed by atoms with Crippen LogP contribution in [0, 0.1) is 0 Å². The molecule has 48 heavy (non-hydrogen) atoms. The number of nitrogens with one attached hydrogen (secondary N) is 3. The van der Waals surface area contributed by atoms with Crippen LogP contribution in [0.1, 0.15) is 0 Å². The van der Waals surface area contributed by atoms with Crippen molar-refractivity contribution in [1.82, 2.24) is 0 Å². The summed E-state index contributed by atoms with van der Waals surface area (Å²) in [5, 5.41) is 13.6. The molecule has 0 heterocycles. The third kappa shape index (κ3) is 9.33. The van der Waals surface area contributed by atoms with E-state index in [0.717, 1.165) is 45.5 Å². The fourth-order valence-electron chi connectivity index (χ4n) is 5.05. The minimum Gasteiger partial charge on any atom is -0.354 e. The van der Waals surface area contributed by atoms with Crippen LogP contribution in [0.2, 0.25) is 0 Å². The van der Waals surface area contributed by atoms with E-state index in [-0.39, 0.29) is 0 Å². The second-order valence-electron chi connectivity index (χ2n) is 10.9. The zero-order valence-corrected chi connectivity index (χ0v) is 28.7. The molecule has 2 unspecified atom stereocenters. The molecule has 7 rings (SSSR count). The number of para-hydroxylation sites is 4. The van der Waals surface area contributed by atoms with Crippen LogP contribution in [0.15, 0.2) is 194 Å². The Hall–Kier alpha value is -5.40. The molecule has 2 atom stereocenters. The van der Waals surface area contributed by atoms with Gasteiger partial charge in [0.2, 0.25) is 0 Å². The van der Waals surface area contributed by atoms with E-state index in [0.29, 0.717) is 8.73 Å². The SMILES string of the molecule is Pc1ccccc1.c1ccc(Nc2cc(Nc3ccccc3)c(N(Pc3ccccc3)c3ccccc3)cc2Nc2ccccc2)cc1. The molecule has 0 bridgehead atoms. The van der Waals surface area contributed by atoms with E-state index in [2.05, 4.69) is 151 Å². The number of benzene rings is 7. The van der Waals surface area contributed by atoms with E-state index in [1.807, 2.05) is 72.8 Å². The fourth-order valence-corrected chi connectivity index (χ4v) is 6.45. The van der Waals surface area contributed by atoms with Gasteiger partial charge in [-0.2, -0.15) is 0 Å². The molecule has 7 aromatic rings.